The molecule has 1 aliphatic rings. The van der Waals surface area contributed by atoms with Gasteiger partial charge in [-0.25, -0.2) is 4.98 Å². The molecule has 0 spiro atoms. The van der Waals surface area contributed by atoms with Crippen LogP contribution in [-0.4, -0.2) is 21.9 Å². The highest BCUT2D eigenvalue weighted by molar-refractivity contribution is 7.99. The Balaban J connectivity index is 1.62. The minimum Gasteiger partial charge on any atom is -0.302 e. The van der Waals surface area contributed by atoms with E-state index in [0.29, 0.717) is 6.42 Å². The van der Waals surface area contributed by atoms with Crippen LogP contribution in [0, 0.1) is 6.92 Å². The zero-order valence-electron chi connectivity index (χ0n) is 10.8. The average Bonchev–Trinajstić information content (AvgIpc) is 2.76. The van der Waals surface area contributed by atoms with Gasteiger partial charge in [-0.2, -0.15) is 11.8 Å². The van der Waals surface area contributed by atoms with Gasteiger partial charge in [-0.1, -0.05) is 19.3 Å². The Bertz CT molecular complexity index is 386. The van der Waals surface area contributed by atoms with Crippen molar-refractivity contribution in [1.29, 1.82) is 0 Å². The van der Waals surface area contributed by atoms with Gasteiger partial charge in [0.15, 0.2) is 5.13 Å². The summed E-state index contributed by atoms with van der Waals surface area (Å²) in [6, 6.07) is 0. The molecule has 2 rings (SSSR count). The van der Waals surface area contributed by atoms with E-state index >= 15 is 0 Å². The fourth-order valence-corrected chi connectivity index (χ4v) is 4.15. The van der Waals surface area contributed by atoms with E-state index in [0.717, 1.165) is 21.8 Å². The van der Waals surface area contributed by atoms with Crippen LogP contribution in [-0.2, 0) is 4.79 Å². The third-order valence-electron chi connectivity index (χ3n) is 3.10. The monoisotopic (exact) mass is 284 g/mol. The van der Waals surface area contributed by atoms with Crippen molar-refractivity contribution in [2.75, 3.05) is 11.1 Å². The van der Waals surface area contributed by atoms with Crippen molar-refractivity contribution in [3.63, 3.8) is 0 Å². The highest BCUT2D eigenvalue weighted by atomic mass is 32.2. The van der Waals surface area contributed by atoms with Crippen molar-refractivity contribution in [3.05, 3.63) is 11.1 Å². The molecule has 0 aliphatic heterocycles. The predicted octanol–water partition coefficient (Wildman–Crippen LogP) is 3.85. The molecule has 5 heteroatoms. The van der Waals surface area contributed by atoms with Gasteiger partial charge in [0.25, 0.3) is 0 Å². The number of nitrogens with one attached hydrogen (secondary N) is 1. The zero-order valence-corrected chi connectivity index (χ0v) is 12.4. The molecule has 1 aromatic rings. The highest BCUT2D eigenvalue weighted by Gasteiger charge is 2.14. The van der Waals surface area contributed by atoms with Gasteiger partial charge in [0.05, 0.1) is 5.69 Å². The van der Waals surface area contributed by atoms with Crippen LogP contribution in [0.15, 0.2) is 5.38 Å². The second-order valence-corrected chi connectivity index (χ2v) is 6.99. The lowest BCUT2D eigenvalue weighted by Crippen LogP contribution is -2.14. The van der Waals surface area contributed by atoms with Crippen LogP contribution in [0.25, 0.3) is 0 Å². The molecule has 0 saturated heterocycles. The molecule has 1 heterocycles. The number of hydrogen-bond donors (Lipinski definition) is 1. The molecule has 1 amide bonds. The van der Waals surface area contributed by atoms with Gasteiger partial charge in [0.1, 0.15) is 0 Å². The van der Waals surface area contributed by atoms with Crippen molar-refractivity contribution >= 4 is 34.1 Å². The van der Waals surface area contributed by atoms with E-state index in [1.165, 1.54) is 43.4 Å². The summed E-state index contributed by atoms with van der Waals surface area (Å²) in [4.78, 5) is 15.9. The van der Waals surface area contributed by atoms with Gasteiger partial charge < -0.3 is 5.32 Å². The molecule has 0 aromatic carbocycles. The Morgan fingerprint density at radius 3 is 2.94 bits per heavy atom. The lowest BCUT2D eigenvalue weighted by molar-refractivity contribution is -0.115. The minimum atomic E-state index is 0.0904. The highest BCUT2D eigenvalue weighted by Crippen LogP contribution is 2.28. The summed E-state index contributed by atoms with van der Waals surface area (Å²) in [5, 5.41) is 6.31. The van der Waals surface area contributed by atoms with Crippen LogP contribution in [0.5, 0.6) is 0 Å². The standard InChI is InChI=1S/C13H20N2OS2/c1-10-9-18-13(14-10)15-12(16)7-8-17-11-5-3-2-4-6-11/h9,11H,2-8H2,1H3,(H,14,15,16). The molecule has 1 fully saturated rings. The van der Waals surface area contributed by atoms with Gasteiger partial charge in [-0.05, 0) is 19.8 Å². The number of amides is 1. The van der Waals surface area contributed by atoms with Crippen molar-refractivity contribution in [2.24, 2.45) is 0 Å². The van der Waals surface area contributed by atoms with E-state index in [-0.39, 0.29) is 5.91 Å². The number of rotatable bonds is 5. The number of carbonyl (C=O) groups is 1. The topological polar surface area (TPSA) is 42.0 Å². The number of thiazole rings is 1. The first-order valence-corrected chi connectivity index (χ1v) is 8.50. The minimum absolute atomic E-state index is 0.0904. The molecule has 1 N–H and O–H groups in total. The maximum atomic E-state index is 11.7. The van der Waals surface area contributed by atoms with Gasteiger partial charge in [0, 0.05) is 22.8 Å². The maximum absolute atomic E-state index is 11.7. The van der Waals surface area contributed by atoms with Crippen LogP contribution in [0.3, 0.4) is 0 Å². The fourth-order valence-electron chi connectivity index (χ4n) is 2.14. The molecule has 1 saturated carbocycles. The van der Waals surface area contributed by atoms with Crippen LogP contribution < -0.4 is 5.32 Å². The Morgan fingerprint density at radius 2 is 2.28 bits per heavy atom. The van der Waals surface area contributed by atoms with Gasteiger partial charge in [-0.15, -0.1) is 11.3 Å². The van der Waals surface area contributed by atoms with Gasteiger partial charge in [-0.3, -0.25) is 4.79 Å². The molecule has 100 valence electrons. The Kier molecular flexibility index (Phi) is 5.50. The Labute approximate surface area is 117 Å². The van der Waals surface area contributed by atoms with Crippen molar-refractivity contribution < 1.29 is 4.79 Å². The molecular formula is C13H20N2OS2. The van der Waals surface area contributed by atoms with Crippen molar-refractivity contribution in [1.82, 2.24) is 4.98 Å². The molecular weight excluding hydrogens is 264 g/mol. The third kappa shape index (κ3) is 4.61. The largest absolute Gasteiger partial charge is 0.302 e. The second-order valence-electron chi connectivity index (χ2n) is 4.72. The summed E-state index contributed by atoms with van der Waals surface area (Å²) in [5.41, 5.74) is 0.965. The van der Waals surface area contributed by atoms with E-state index in [9.17, 15) is 4.79 Å². The Hall–Kier alpha value is -0.550. The summed E-state index contributed by atoms with van der Waals surface area (Å²) in [7, 11) is 0. The first kappa shape index (κ1) is 13.9. The molecule has 18 heavy (non-hydrogen) atoms. The number of carbonyl (C=O) groups excluding carboxylic acids is 1. The number of aryl methyl sites for hydroxylation is 1. The number of anilines is 1. The smallest absolute Gasteiger partial charge is 0.226 e. The summed E-state index contributed by atoms with van der Waals surface area (Å²) in [6.45, 7) is 1.94. The quantitative estimate of drug-likeness (QED) is 0.893. The number of nitrogens with zero attached hydrogens (tertiary/aromatic N) is 1. The van der Waals surface area contributed by atoms with Crippen LogP contribution in [0.1, 0.15) is 44.2 Å². The summed E-state index contributed by atoms with van der Waals surface area (Å²) < 4.78 is 0. The summed E-state index contributed by atoms with van der Waals surface area (Å²) in [5.74, 6) is 1.02. The number of thioether (sulfide) groups is 1. The first-order valence-electron chi connectivity index (χ1n) is 6.57. The second kappa shape index (κ2) is 7.14. The average molecular weight is 284 g/mol. The maximum Gasteiger partial charge on any atom is 0.226 e. The zero-order chi connectivity index (χ0) is 12.8. The fraction of sp³-hybridized carbons (Fsp3) is 0.692. The van der Waals surface area contributed by atoms with Crippen molar-refractivity contribution in [3.8, 4) is 0 Å². The van der Waals surface area contributed by atoms with Crippen LogP contribution in [0.2, 0.25) is 0 Å². The van der Waals surface area contributed by atoms with E-state index < -0.39 is 0 Å². The Morgan fingerprint density at radius 1 is 1.50 bits per heavy atom. The SMILES string of the molecule is Cc1csc(NC(=O)CCSC2CCCCC2)n1. The predicted molar refractivity (Wildman–Crippen MR) is 79.4 cm³/mol. The summed E-state index contributed by atoms with van der Waals surface area (Å²) in [6.07, 6.45) is 7.38. The number of aromatic nitrogens is 1. The van der Waals surface area contributed by atoms with Gasteiger partial charge in [0.2, 0.25) is 5.91 Å². The molecule has 0 atom stereocenters. The summed E-state index contributed by atoms with van der Waals surface area (Å²) >= 11 is 3.45. The third-order valence-corrected chi connectivity index (χ3v) is 5.36. The normalized spacial score (nSPS) is 16.7. The van der Waals surface area contributed by atoms with Crippen LogP contribution >= 0.6 is 23.1 Å². The lowest BCUT2D eigenvalue weighted by atomic mass is 10.0. The van der Waals surface area contributed by atoms with E-state index in [1.54, 1.807) is 0 Å². The van der Waals surface area contributed by atoms with Crippen LogP contribution in [0.4, 0.5) is 5.13 Å². The molecule has 0 bridgehead atoms. The van der Waals surface area contributed by atoms with E-state index in [2.05, 4.69) is 10.3 Å². The van der Waals surface area contributed by atoms with E-state index in [1.807, 2.05) is 24.1 Å². The molecule has 0 unspecified atom stereocenters. The molecule has 0 radical (unpaired) electrons. The molecule has 3 nitrogen and oxygen atoms in total. The van der Waals surface area contributed by atoms with Crippen molar-refractivity contribution in [2.45, 2.75) is 50.7 Å². The lowest BCUT2D eigenvalue weighted by Gasteiger charge is -2.20. The van der Waals surface area contributed by atoms with E-state index in [4.69, 9.17) is 0 Å². The number of hydrogen-bond acceptors (Lipinski definition) is 4. The van der Waals surface area contributed by atoms with Gasteiger partial charge >= 0.3 is 0 Å². The molecule has 1 aromatic heterocycles. The molecule has 1 aliphatic carbocycles. The first-order chi connectivity index (χ1) is 8.74.